The topological polar surface area (TPSA) is 53.0 Å². The molecule has 0 aliphatic carbocycles. The third kappa shape index (κ3) is 6.28. The zero-order valence-corrected chi connectivity index (χ0v) is 25.9. The van der Waals surface area contributed by atoms with Crippen LogP contribution in [0.15, 0.2) is 59.5 Å². The number of benzene rings is 2. The van der Waals surface area contributed by atoms with Crippen LogP contribution in [0.2, 0.25) is 5.02 Å². The Balaban J connectivity index is 1.39. The van der Waals surface area contributed by atoms with Crippen LogP contribution in [-0.4, -0.2) is 78.2 Å². The number of allylic oxidation sites excluding steroid dienone is 1. The lowest BCUT2D eigenvalue weighted by Gasteiger charge is -2.36. The number of hydrogen-bond donors (Lipinski definition) is 1. The number of fused-ring (bicyclic) bond motifs is 3. The van der Waals surface area contributed by atoms with E-state index in [0.717, 1.165) is 36.7 Å². The van der Waals surface area contributed by atoms with Gasteiger partial charge >= 0.3 is 0 Å². The largest absolute Gasteiger partial charge is 0.474 e. The first-order valence-electron chi connectivity index (χ1n) is 15.4. The molecular weight excluding hydrogens is 568 g/mol. The van der Waals surface area contributed by atoms with Gasteiger partial charge < -0.3 is 19.9 Å². The number of halogens is 3. The average molecular weight is 608 g/mol. The number of pyridine rings is 1. The van der Waals surface area contributed by atoms with Gasteiger partial charge in [0.05, 0.1) is 0 Å². The number of rotatable bonds is 7. The summed E-state index contributed by atoms with van der Waals surface area (Å²) in [5.74, 6) is 0.566. The summed E-state index contributed by atoms with van der Waals surface area (Å²) in [5.41, 5.74) is 0.561. The van der Waals surface area contributed by atoms with Gasteiger partial charge in [0, 0.05) is 66.0 Å². The van der Waals surface area contributed by atoms with Crippen LogP contribution in [0.1, 0.15) is 50.2 Å². The quantitative estimate of drug-likeness (QED) is 0.180. The maximum atomic E-state index is 16.4. The first kappa shape index (κ1) is 30.0. The van der Waals surface area contributed by atoms with Crippen LogP contribution in [0.5, 0.6) is 0 Å². The summed E-state index contributed by atoms with van der Waals surface area (Å²) >= 11 is 6.58. The molecule has 0 radical (unpaired) electrons. The minimum atomic E-state index is -1.39. The molecule has 2 aromatic carbocycles. The third-order valence-corrected chi connectivity index (χ3v) is 9.40. The molecule has 3 aromatic rings. The number of piperidine rings is 1. The molecule has 2 bridgehead atoms. The highest BCUT2D eigenvalue weighted by Gasteiger charge is 2.36. The summed E-state index contributed by atoms with van der Waals surface area (Å²) in [7, 11) is 2.01. The molecule has 3 fully saturated rings. The number of nitrogens with zero attached hydrogens (tertiary/aromatic N) is 4. The number of likely N-dealkylation sites (tertiary alicyclic amines) is 2. The second-order valence-corrected chi connectivity index (χ2v) is 12.7. The van der Waals surface area contributed by atoms with E-state index in [1.807, 2.05) is 56.4 Å². The molecule has 3 saturated heterocycles. The first-order chi connectivity index (χ1) is 20.7. The lowest BCUT2D eigenvalue weighted by Crippen LogP contribution is -2.53. The van der Waals surface area contributed by atoms with Crippen molar-refractivity contribution in [2.24, 2.45) is 4.99 Å². The van der Waals surface area contributed by atoms with E-state index < -0.39 is 11.5 Å². The van der Waals surface area contributed by atoms with Crippen molar-refractivity contribution in [1.29, 1.82) is 0 Å². The van der Waals surface area contributed by atoms with Gasteiger partial charge in [-0.25, -0.2) is 8.78 Å². The van der Waals surface area contributed by atoms with Crippen molar-refractivity contribution in [3.05, 3.63) is 76.5 Å². The Labute approximate surface area is 257 Å². The smallest absolute Gasteiger partial charge is 0.211 e. The van der Waals surface area contributed by atoms with E-state index in [2.05, 4.69) is 20.1 Å². The molecule has 0 spiro atoms. The fourth-order valence-electron chi connectivity index (χ4n) is 6.54. The minimum absolute atomic E-state index is 0.0529. The molecule has 228 valence electrons. The van der Waals surface area contributed by atoms with Crippen molar-refractivity contribution in [3.8, 4) is 11.3 Å². The van der Waals surface area contributed by atoms with E-state index in [1.165, 1.54) is 0 Å². The summed E-state index contributed by atoms with van der Waals surface area (Å²) in [4.78, 5) is 14.0. The Kier molecular flexibility index (Phi) is 8.72. The van der Waals surface area contributed by atoms with Crippen molar-refractivity contribution >= 4 is 28.2 Å². The second-order valence-electron chi connectivity index (χ2n) is 12.3. The summed E-state index contributed by atoms with van der Waals surface area (Å²) in [6.07, 6.45) is 7.29. The number of alkyl halides is 1. The highest BCUT2D eigenvalue weighted by molar-refractivity contribution is 6.36. The van der Waals surface area contributed by atoms with Gasteiger partial charge in [-0.2, -0.15) is 4.99 Å². The van der Waals surface area contributed by atoms with E-state index in [0.29, 0.717) is 77.9 Å². The van der Waals surface area contributed by atoms with Gasteiger partial charge in [0.1, 0.15) is 23.8 Å². The molecule has 9 heteroatoms. The number of aromatic nitrogens is 1. The van der Waals surface area contributed by atoms with Crippen molar-refractivity contribution in [2.75, 3.05) is 39.8 Å². The standard InChI is InChI=1S/C34H40ClF2N5O/c1-4-7-29(43-21-34(37)14-16-41(3)17-15-34)40-33(42-19-24-12-13-25(20-42)39-24)27-18-38-32(31(36)22(27)2)26-10-5-8-23-9-6-11-28(35)30(23)26/h5-11,18,24-25,39H,4,12-17,19-21H2,1-3H3/b29-7-,40-33+. The summed E-state index contributed by atoms with van der Waals surface area (Å²) in [6.45, 7) is 6.61. The number of piperazine rings is 1. The van der Waals surface area contributed by atoms with E-state index in [-0.39, 0.29) is 12.3 Å². The Morgan fingerprint density at radius 3 is 2.56 bits per heavy atom. The number of ether oxygens (including phenoxy) is 1. The predicted octanol–water partition coefficient (Wildman–Crippen LogP) is 6.89. The normalized spacial score (nSPS) is 22.8. The van der Waals surface area contributed by atoms with Gasteiger partial charge in [-0.05, 0) is 69.2 Å². The molecule has 43 heavy (non-hydrogen) atoms. The van der Waals surface area contributed by atoms with Crippen LogP contribution in [0.4, 0.5) is 8.78 Å². The molecule has 3 aliphatic heterocycles. The fraction of sp³-hybridized carbons (Fsp3) is 0.471. The van der Waals surface area contributed by atoms with Gasteiger partial charge in [0.2, 0.25) is 5.88 Å². The fourth-order valence-corrected chi connectivity index (χ4v) is 6.82. The number of aliphatic imine (C=N–C) groups is 1. The maximum absolute atomic E-state index is 16.4. The van der Waals surface area contributed by atoms with Gasteiger partial charge in [-0.3, -0.25) is 4.98 Å². The summed E-state index contributed by atoms with van der Waals surface area (Å²) in [6, 6.07) is 12.0. The molecule has 2 atom stereocenters. The van der Waals surface area contributed by atoms with Gasteiger partial charge in [-0.15, -0.1) is 0 Å². The second kappa shape index (κ2) is 12.5. The maximum Gasteiger partial charge on any atom is 0.211 e. The zero-order chi connectivity index (χ0) is 30.1. The molecule has 3 aliphatic rings. The lowest BCUT2D eigenvalue weighted by molar-refractivity contribution is 0.000587. The molecule has 6 nitrogen and oxygen atoms in total. The van der Waals surface area contributed by atoms with Gasteiger partial charge in [0.25, 0.3) is 0 Å². The lowest BCUT2D eigenvalue weighted by atomic mass is 9.95. The number of amidine groups is 1. The zero-order valence-electron chi connectivity index (χ0n) is 25.2. The highest BCUT2D eigenvalue weighted by Crippen LogP contribution is 2.36. The molecule has 1 aromatic heterocycles. The van der Waals surface area contributed by atoms with Crippen LogP contribution in [0.25, 0.3) is 22.0 Å². The number of nitrogens with one attached hydrogen (secondary N) is 1. The Hall–Kier alpha value is -3.07. The van der Waals surface area contributed by atoms with Gasteiger partial charge in [-0.1, -0.05) is 48.9 Å². The predicted molar refractivity (Wildman–Crippen MR) is 170 cm³/mol. The van der Waals surface area contributed by atoms with Crippen LogP contribution in [-0.2, 0) is 4.74 Å². The van der Waals surface area contributed by atoms with Crippen molar-refractivity contribution in [1.82, 2.24) is 20.1 Å². The summed E-state index contributed by atoms with van der Waals surface area (Å²) in [5, 5.41) is 5.91. The molecular formula is C34H40ClF2N5O. The van der Waals surface area contributed by atoms with Gasteiger partial charge in [0.15, 0.2) is 5.82 Å². The van der Waals surface area contributed by atoms with Crippen molar-refractivity contribution in [2.45, 2.75) is 63.7 Å². The van der Waals surface area contributed by atoms with Crippen molar-refractivity contribution in [3.63, 3.8) is 0 Å². The summed E-state index contributed by atoms with van der Waals surface area (Å²) < 4.78 is 38.1. The molecule has 4 heterocycles. The van der Waals surface area contributed by atoms with E-state index >= 15 is 8.78 Å². The average Bonchev–Trinajstić information content (AvgIpc) is 3.35. The molecule has 1 N–H and O–H groups in total. The van der Waals surface area contributed by atoms with Crippen molar-refractivity contribution < 1.29 is 13.5 Å². The molecule has 0 amide bonds. The number of hydrogen-bond acceptors (Lipinski definition) is 5. The van der Waals surface area contributed by atoms with Crippen LogP contribution < -0.4 is 5.32 Å². The van der Waals surface area contributed by atoms with Crippen LogP contribution >= 0.6 is 11.6 Å². The highest BCUT2D eigenvalue weighted by atomic mass is 35.5. The monoisotopic (exact) mass is 607 g/mol. The van der Waals surface area contributed by atoms with Crippen LogP contribution in [0.3, 0.4) is 0 Å². The molecule has 2 unspecified atom stereocenters. The third-order valence-electron chi connectivity index (χ3n) is 9.09. The minimum Gasteiger partial charge on any atom is -0.474 e. The SMILES string of the molecule is CC/C=C(/N=C(\c1cnc(-c2cccc3cccc(Cl)c23)c(F)c1C)N1CC2CCC(C1)N2)OCC1(F)CCN(C)CC1. The molecule has 6 rings (SSSR count). The Bertz CT molecular complexity index is 1530. The van der Waals surface area contributed by atoms with E-state index in [9.17, 15) is 0 Å². The Morgan fingerprint density at radius 1 is 1.16 bits per heavy atom. The van der Waals surface area contributed by atoms with E-state index in [4.69, 9.17) is 21.3 Å². The van der Waals surface area contributed by atoms with E-state index in [1.54, 1.807) is 13.1 Å². The molecule has 0 saturated carbocycles. The Morgan fingerprint density at radius 2 is 1.86 bits per heavy atom. The van der Waals surface area contributed by atoms with Crippen LogP contribution in [0, 0.1) is 12.7 Å². The first-order valence-corrected chi connectivity index (χ1v) is 15.8.